The topological polar surface area (TPSA) is 41.6 Å². The van der Waals surface area contributed by atoms with Crippen LogP contribution in [0.15, 0.2) is 18.2 Å². The molecule has 2 saturated heterocycles. The molecule has 1 aromatic rings. The molecule has 2 fully saturated rings. The third kappa shape index (κ3) is 3.72. The van der Waals surface area contributed by atoms with Crippen molar-refractivity contribution < 1.29 is 13.9 Å². The molecular formula is C19H27FN2O2. The van der Waals surface area contributed by atoms with Crippen LogP contribution in [0.2, 0.25) is 0 Å². The van der Waals surface area contributed by atoms with E-state index >= 15 is 0 Å². The zero-order valence-corrected chi connectivity index (χ0v) is 14.4. The molecule has 1 N–H and O–H groups in total. The highest BCUT2D eigenvalue weighted by molar-refractivity contribution is 5.73. The van der Waals surface area contributed by atoms with Gasteiger partial charge in [-0.3, -0.25) is 4.79 Å². The Kier molecular flexibility index (Phi) is 5.72. The van der Waals surface area contributed by atoms with E-state index < -0.39 is 0 Å². The lowest BCUT2D eigenvalue weighted by Crippen LogP contribution is -2.38. The van der Waals surface area contributed by atoms with Gasteiger partial charge in [0.05, 0.1) is 12.5 Å². The van der Waals surface area contributed by atoms with Gasteiger partial charge in [0.1, 0.15) is 5.82 Å². The molecule has 2 aliphatic rings. The van der Waals surface area contributed by atoms with Crippen molar-refractivity contribution in [2.75, 3.05) is 37.7 Å². The largest absolute Gasteiger partial charge is 0.466 e. The maximum absolute atomic E-state index is 14.6. The number of hydrogen-bond acceptors (Lipinski definition) is 4. The smallest absolute Gasteiger partial charge is 0.309 e. The number of hydrogen-bond donors (Lipinski definition) is 1. The second-order valence-corrected chi connectivity index (χ2v) is 6.71. The van der Waals surface area contributed by atoms with Crippen molar-refractivity contribution in [2.45, 2.75) is 38.5 Å². The van der Waals surface area contributed by atoms with Gasteiger partial charge in [-0.25, -0.2) is 4.39 Å². The number of carbonyl (C=O) groups is 1. The van der Waals surface area contributed by atoms with Gasteiger partial charge in [0.25, 0.3) is 0 Å². The van der Waals surface area contributed by atoms with Crippen molar-refractivity contribution in [1.82, 2.24) is 5.32 Å². The molecule has 0 spiro atoms. The summed E-state index contributed by atoms with van der Waals surface area (Å²) in [6, 6.07) is 5.41. The fourth-order valence-corrected chi connectivity index (χ4v) is 3.93. The molecule has 5 heteroatoms. The van der Waals surface area contributed by atoms with E-state index in [9.17, 15) is 9.18 Å². The molecule has 0 aliphatic carbocycles. The number of halogens is 1. The van der Waals surface area contributed by atoms with Gasteiger partial charge in [0, 0.05) is 24.3 Å². The Morgan fingerprint density at radius 1 is 1.25 bits per heavy atom. The van der Waals surface area contributed by atoms with Gasteiger partial charge < -0.3 is 15.0 Å². The van der Waals surface area contributed by atoms with Gasteiger partial charge >= 0.3 is 5.97 Å². The van der Waals surface area contributed by atoms with Crippen molar-refractivity contribution >= 4 is 11.7 Å². The first-order valence-corrected chi connectivity index (χ1v) is 9.11. The van der Waals surface area contributed by atoms with Crippen LogP contribution in [0.4, 0.5) is 10.1 Å². The zero-order chi connectivity index (χ0) is 16.9. The summed E-state index contributed by atoms with van der Waals surface area (Å²) in [5.74, 6) is 0.0872. The molecule has 2 heterocycles. The van der Waals surface area contributed by atoms with E-state index in [1.165, 1.54) is 0 Å². The van der Waals surface area contributed by atoms with Gasteiger partial charge in [-0.15, -0.1) is 0 Å². The number of anilines is 1. The molecule has 0 saturated carbocycles. The van der Waals surface area contributed by atoms with E-state index in [1.54, 1.807) is 12.1 Å². The number of nitrogens with one attached hydrogen (secondary N) is 1. The lowest BCUT2D eigenvalue weighted by atomic mass is 9.87. The summed E-state index contributed by atoms with van der Waals surface area (Å²) < 4.78 is 19.7. The first kappa shape index (κ1) is 17.2. The van der Waals surface area contributed by atoms with E-state index in [0.29, 0.717) is 6.61 Å². The van der Waals surface area contributed by atoms with E-state index in [-0.39, 0.29) is 23.6 Å². The Labute approximate surface area is 143 Å². The summed E-state index contributed by atoms with van der Waals surface area (Å²) >= 11 is 0. The van der Waals surface area contributed by atoms with E-state index in [1.807, 2.05) is 13.0 Å². The summed E-state index contributed by atoms with van der Waals surface area (Å²) in [5.41, 5.74) is 1.89. The Balaban J connectivity index is 1.73. The van der Waals surface area contributed by atoms with Crippen LogP contribution in [0.5, 0.6) is 0 Å². The van der Waals surface area contributed by atoms with E-state index in [4.69, 9.17) is 4.74 Å². The summed E-state index contributed by atoms with van der Waals surface area (Å²) in [5, 5.41) is 3.35. The predicted octanol–water partition coefficient (Wildman–Crippen LogP) is 3.07. The minimum absolute atomic E-state index is 0.0166. The third-order valence-corrected chi connectivity index (χ3v) is 5.23. The predicted molar refractivity (Wildman–Crippen MR) is 92.8 cm³/mol. The zero-order valence-electron chi connectivity index (χ0n) is 14.4. The maximum Gasteiger partial charge on any atom is 0.309 e. The third-order valence-electron chi connectivity index (χ3n) is 5.23. The van der Waals surface area contributed by atoms with Crippen LogP contribution in [-0.2, 0) is 9.53 Å². The van der Waals surface area contributed by atoms with Crippen molar-refractivity contribution in [2.24, 2.45) is 5.92 Å². The van der Waals surface area contributed by atoms with Crippen molar-refractivity contribution in [3.05, 3.63) is 29.6 Å². The molecule has 0 aromatic heterocycles. The number of benzene rings is 1. The minimum atomic E-state index is -0.0908. The number of esters is 1. The molecule has 3 rings (SSSR count). The average Bonchev–Trinajstić information content (AvgIpc) is 2.62. The molecule has 2 aliphatic heterocycles. The van der Waals surface area contributed by atoms with Gasteiger partial charge in [0.2, 0.25) is 0 Å². The Morgan fingerprint density at radius 3 is 2.62 bits per heavy atom. The Hall–Kier alpha value is -1.62. The van der Waals surface area contributed by atoms with E-state index in [0.717, 1.165) is 63.1 Å². The first-order chi connectivity index (χ1) is 11.7. The summed E-state index contributed by atoms with van der Waals surface area (Å²) in [6.07, 6.45) is 3.52. The second kappa shape index (κ2) is 7.97. The summed E-state index contributed by atoms with van der Waals surface area (Å²) in [4.78, 5) is 14.1. The second-order valence-electron chi connectivity index (χ2n) is 6.71. The monoisotopic (exact) mass is 334 g/mol. The number of ether oxygens (including phenoxy) is 1. The van der Waals surface area contributed by atoms with Gasteiger partial charge in [-0.2, -0.15) is 0 Å². The number of rotatable bonds is 4. The van der Waals surface area contributed by atoms with Crippen LogP contribution in [0.25, 0.3) is 0 Å². The highest BCUT2D eigenvalue weighted by Crippen LogP contribution is 2.36. The molecule has 0 amide bonds. The standard InChI is InChI=1S/C19H27FN2O2/c1-2-24-19(23)15-8-12-22(13-9-15)17-5-3-4-16(20)18(17)14-6-10-21-11-7-14/h3-5,14-15,21H,2,6-13H2,1H3. The van der Waals surface area contributed by atoms with Gasteiger partial charge in [-0.1, -0.05) is 6.07 Å². The van der Waals surface area contributed by atoms with Crippen LogP contribution in [-0.4, -0.2) is 38.8 Å². The molecule has 4 nitrogen and oxygen atoms in total. The minimum Gasteiger partial charge on any atom is -0.466 e. The summed E-state index contributed by atoms with van der Waals surface area (Å²) in [6.45, 7) is 5.73. The number of piperidine rings is 2. The van der Waals surface area contributed by atoms with Crippen LogP contribution in [0.3, 0.4) is 0 Å². The molecule has 0 bridgehead atoms. The fraction of sp³-hybridized carbons (Fsp3) is 0.632. The van der Waals surface area contributed by atoms with Crippen molar-refractivity contribution in [1.29, 1.82) is 0 Å². The summed E-state index contributed by atoms with van der Waals surface area (Å²) in [7, 11) is 0. The highest BCUT2D eigenvalue weighted by atomic mass is 19.1. The Morgan fingerprint density at radius 2 is 1.96 bits per heavy atom. The highest BCUT2D eigenvalue weighted by Gasteiger charge is 2.29. The molecule has 1 aromatic carbocycles. The van der Waals surface area contributed by atoms with Crippen LogP contribution < -0.4 is 10.2 Å². The lowest BCUT2D eigenvalue weighted by molar-refractivity contribution is -0.148. The molecule has 24 heavy (non-hydrogen) atoms. The molecule has 0 radical (unpaired) electrons. The van der Waals surface area contributed by atoms with Crippen molar-refractivity contribution in [3.63, 3.8) is 0 Å². The SMILES string of the molecule is CCOC(=O)C1CCN(c2cccc(F)c2C2CCNCC2)CC1. The molecule has 0 atom stereocenters. The van der Waals surface area contributed by atoms with Gasteiger partial charge in [-0.05, 0) is 63.7 Å². The van der Waals surface area contributed by atoms with E-state index in [2.05, 4.69) is 10.2 Å². The normalized spacial score (nSPS) is 20.2. The number of carbonyl (C=O) groups excluding carboxylic acids is 1. The van der Waals surface area contributed by atoms with Crippen molar-refractivity contribution in [3.8, 4) is 0 Å². The van der Waals surface area contributed by atoms with Crippen LogP contribution in [0, 0.1) is 11.7 Å². The molecular weight excluding hydrogens is 307 g/mol. The first-order valence-electron chi connectivity index (χ1n) is 9.11. The Bertz CT molecular complexity index is 564. The fourth-order valence-electron chi connectivity index (χ4n) is 3.93. The van der Waals surface area contributed by atoms with Gasteiger partial charge in [0.15, 0.2) is 0 Å². The molecule has 132 valence electrons. The average molecular weight is 334 g/mol. The van der Waals surface area contributed by atoms with Crippen LogP contribution >= 0.6 is 0 Å². The lowest BCUT2D eigenvalue weighted by Gasteiger charge is -2.36. The van der Waals surface area contributed by atoms with Crippen LogP contribution in [0.1, 0.15) is 44.1 Å². The molecule has 0 unspecified atom stereocenters. The number of nitrogens with zero attached hydrogens (tertiary/aromatic N) is 1. The maximum atomic E-state index is 14.6. The quantitative estimate of drug-likeness (QED) is 0.859.